The first-order valence-corrected chi connectivity index (χ1v) is 5.73. The summed E-state index contributed by atoms with van der Waals surface area (Å²) in [7, 11) is 0. The lowest BCUT2D eigenvalue weighted by Crippen LogP contribution is -2.12. The van der Waals surface area contributed by atoms with Gasteiger partial charge in [0.2, 0.25) is 0 Å². The molecular formula is C13H13ClFNO. The minimum atomic E-state index is -0.389. The normalized spacial score (nSPS) is 10.8. The van der Waals surface area contributed by atoms with Crippen LogP contribution in [0.1, 0.15) is 17.1 Å². The highest BCUT2D eigenvalue weighted by molar-refractivity contribution is 6.30. The third kappa shape index (κ3) is 3.32. The summed E-state index contributed by atoms with van der Waals surface area (Å²) >= 11 is 5.60. The predicted octanol–water partition coefficient (Wildman–Crippen LogP) is 3.67. The Kier molecular flexibility index (Phi) is 3.82. The highest BCUT2D eigenvalue weighted by atomic mass is 35.5. The Labute approximate surface area is 104 Å². The molecule has 0 saturated carbocycles. The van der Waals surface area contributed by atoms with Crippen LogP contribution in [0.3, 0.4) is 0 Å². The van der Waals surface area contributed by atoms with Gasteiger partial charge in [-0.25, -0.2) is 4.39 Å². The predicted molar refractivity (Wildman–Crippen MR) is 65.4 cm³/mol. The average molecular weight is 254 g/mol. The van der Waals surface area contributed by atoms with Crippen LogP contribution in [0.5, 0.6) is 0 Å². The molecule has 0 aliphatic rings. The molecule has 17 heavy (non-hydrogen) atoms. The third-order valence-corrected chi connectivity index (χ3v) is 2.71. The van der Waals surface area contributed by atoms with Crippen molar-refractivity contribution in [3.63, 3.8) is 0 Å². The maximum absolute atomic E-state index is 13.2. The minimum absolute atomic E-state index is 0.149. The van der Waals surface area contributed by atoms with E-state index in [0.29, 0.717) is 13.1 Å². The molecule has 1 aromatic carbocycles. The number of nitrogens with one attached hydrogen (secondary N) is 1. The van der Waals surface area contributed by atoms with E-state index in [-0.39, 0.29) is 10.8 Å². The lowest BCUT2D eigenvalue weighted by Gasteiger charge is -2.04. The van der Waals surface area contributed by atoms with Crippen LogP contribution in [0.2, 0.25) is 5.02 Å². The smallest absolute Gasteiger partial charge is 0.142 e. The summed E-state index contributed by atoms with van der Waals surface area (Å²) in [5, 5.41) is 3.32. The zero-order chi connectivity index (χ0) is 12.3. The Morgan fingerprint density at radius 3 is 2.71 bits per heavy atom. The molecule has 0 bridgehead atoms. The summed E-state index contributed by atoms with van der Waals surface area (Å²) in [5.74, 6) is 1.37. The van der Waals surface area contributed by atoms with Gasteiger partial charge < -0.3 is 9.73 Å². The van der Waals surface area contributed by atoms with Crippen molar-refractivity contribution in [3.05, 3.63) is 58.3 Å². The Balaban J connectivity index is 1.87. The van der Waals surface area contributed by atoms with Crippen molar-refractivity contribution in [2.45, 2.75) is 20.0 Å². The quantitative estimate of drug-likeness (QED) is 0.899. The summed E-state index contributed by atoms with van der Waals surface area (Å²) < 4.78 is 18.6. The van der Waals surface area contributed by atoms with E-state index in [2.05, 4.69) is 5.32 Å². The number of hydrogen-bond donors (Lipinski definition) is 1. The molecule has 0 radical (unpaired) electrons. The molecule has 4 heteroatoms. The van der Waals surface area contributed by atoms with E-state index in [9.17, 15) is 4.39 Å². The molecule has 0 fully saturated rings. The van der Waals surface area contributed by atoms with Crippen molar-refractivity contribution in [2.24, 2.45) is 0 Å². The van der Waals surface area contributed by atoms with Crippen LogP contribution >= 0.6 is 11.6 Å². The lowest BCUT2D eigenvalue weighted by molar-refractivity contribution is 0.461. The van der Waals surface area contributed by atoms with Gasteiger partial charge in [0.1, 0.15) is 17.3 Å². The van der Waals surface area contributed by atoms with Crippen LogP contribution in [0, 0.1) is 12.7 Å². The van der Waals surface area contributed by atoms with Crippen LogP contribution < -0.4 is 5.32 Å². The van der Waals surface area contributed by atoms with E-state index < -0.39 is 0 Å². The fourth-order valence-electron chi connectivity index (χ4n) is 1.56. The van der Waals surface area contributed by atoms with E-state index >= 15 is 0 Å². The van der Waals surface area contributed by atoms with Crippen LogP contribution in [-0.2, 0) is 13.1 Å². The number of hydrogen-bond acceptors (Lipinski definition) is 2. The maximum Gasteiger partial charge on any atom is 0.142 e. The molecule has 2 nitrogen and oxygen atoms in total. The van der Waals surface area contributed by atoms with Gasteiger partial charge >= 0.3 is 0 Å². The van der Waals surface area contributed by atoms with Gasteiger partial charge in [0.15, 0.2) is 0 Å². The molecule has 2 aromatic rings. The van der Waals surface area contributed by atoms with Crippen molar-refractivity contribution in [1.82, 2.24) is 5.32 Å². The molecular weight excluding hydrogens is 241 g/mol. The van der Waals surface area contributed by atoms with Crippen LogP contribution in [0.4, 0.5) is 4.39 Å². The number of benzene rings is 1. The topological polar surface area (TPSA) is 25.2 Å². The highest BCUT2D eigenvalue weighted by Crippen LogP contribution is 2.15. The first kappa shape index (κ1) is 12.1. The van der Waals surface area contributed by atoms with Gasteiger partial charge in [0, 0.05) is 6.54 Å². The first-order valence-electron chi connectivity index (χ1n) is 5.35. The lowest BCUT2D eigenvalue weighted by atomic mass is 10.2. The first-order chi connectivity index (χ1) is 8.15. The van der Waals surface area contributed by atoms with Crippen molar-refractivity contribution in [1.29, 1.82) is 0 Å². The summed E-state index contributed by atoms with van der Waals surface area (Å²) in [6, 6.07) is 8.63. The summed E-state index contributed by atoms with van der Waals surface area (Å²) in [6.07, 6.45) is 0. The molecule has 1 heterocycles. The van der Waals surface area contributed by atoms with Gasteiger partial charge in [0.05, 0.1) is 11.6 Å². The number of halogens is 2. The zero-order valence-electron chi connectivity index (χ0n) is 9.47. The Morgan fingerprint density at radius 1 is 1.24 bits per heavy atom. The number of rotatable bonds is 4. The summed E-state index contributed by atoms with van der Waals surface area (Å²) in [4.78, 5) is 0. The molecule has 90 valence electrons. The second kappa shape index (κ2) is 5.34. The van der Waals surface area contributed by atoms with Gasteiger partial charge in [-0.15, -0.1) is 0 Å². The molecule has 0 atom stereocenters. The SMILES string of the molecule is Cc1ccc(CNCc2ccc(Cl)c(F)c2)o1. The molecule has 0 unspecified atom stereocenters. The Hall–Kier alpha value is -1.32. The van der Waals surface area contributed by atoms with Crippen molar-refractivity contribution >= 4 is 11.6 Å². The van der Waals surface area contributed by atoms with Crippen LogP contribution in [0.15, 0.2) is 34.7 Å². The standard InChI is InChI=1S/C13H13ClFNO/c1-9-2-4-11(17-9)8-16-7-10-3-5-12(14)13(15)6-10/h2-6,16H,7-8H2,1H3. The third-order valence-electron chi connectivity index (χ3n) is 2.41. The van der Waals surface area contributed by atoms with Crippen LogP contribution in [-0.4, -0.2) is 0 Å². The van der Waals surface area contributed by atoms with Gasteiger partial charge in [-0.3, -0.25) is 0 Å². The molecule has 0 spiro atoms. The molecule has 1 N–H and O–H groups in total. The fourth-order valence-corrected chi connectivity index (χ4v) is 1.68. The van der Waals surface area contributed by atoms with Crippen LogP contribution in [0.25, 0.3) is 0 Å². The van der Waals surface area contributed by atoms with E-state index in [1.54, 1.807) is 12.1 Å². The largest absolute Gasteiger partial charge is 0.465 e. The van der Waals surface area contributed by atoms with Crippen molar-refractivity contribution in [2.75, 3.05) is 0 Å². The Morgan fingerprint density at radius 2 is 2.06 bits per heavy atom. The van der Waals surface area contributed by atoms with Gasteiger partial charge in [-0.2, -0.15) is 0 Å². The fraction of sp³-hybridized carbons (Fsp3) is 0.231. The molecule has 0 saturated heterocycles. The monoisotopic (exact) mass is 253 g/mol. The molecule has 2 rings (SSSR count). The molecule has 0 aliphatic carbocycles. The van der Waals surface area contributed by atoms with E-state index in [1.807, 2.05) is 19.1 Å². The molecule has 0 aliphatic heterocycles. The van der Waals surface area contributed by atoms with Gasteiger partial charge in [-0.05, 0) is 36.8 Å². The summed E-state index contributed by atoms with van der Waals surface area (Å²) in [6.45, 7) is 3.10. The van der Waals surface area contributed by atoms with E-state index in [0.717, 1.165) is 17.1 Å². The second-order valence-corrected chi connectivity index (χ2v) is 4.27. The van der Waals surface area contributed by atoms with E-state index in [1.165, 1.54) is 6.07 Å². The number of aryl methyl sites for hydroxylation is 1. The molecule has 1 aromatic heterocycles. The van der Waals surface area contributed by atoms with Crippen molar-refractivity contribution < 1.29 is 8.81 Å². The molecule has 0 amide bonds. The highest BCUT2D eigenvalue weighted by Gasteiger charge is 2.02. The van der Waals surface area contributed by atoms with E-state index in [4.69, 9.17) is 16.0 Å². The second-order valence-electron chi connectivity index (χ2n) is 3.86. The van der Waals surface area contributed by atoms with Crippen molar-refractivity contribution in [3.8, 4) is 0 Å². The average Bonchev–Trinajstić information content (AvgIpc) is 2.70. The van der Waals surface area contributed by atoms with Gasteiger partial charge in [0.25, 0.3) is 0 Å². The zero-order valence-corrected chi connectivity index (χ0v) is 10.2. The Bertz CT molecular complexity index is 510. The summed E-state index contributed by atoms with van der Waals surface area (Å²) in [5.41, 5.74) is 0.857. The van der Waals surface area contributed by atoms with Gasteiger partial charge in [-0.1, -0.05) is 17.7 Å². The maximum atomic E-state index is 13.2. The minimum Gasteiger partial charge on any atom is -0.465 e. The number of furan rings is 1.